The van der Waals surface area contributed by atoms with Crippen molar-refractivity contribution in [3.05, 3.63) is 22.7 Å². The largest absolute Gasteiger partial charge is 0.409 e. The number of nitrogens with one attached hydrogen (secondary N) is 1. The lowest BCUT2D eigenvalue weighted by atomic mass is 9.99. The van der Waals surface area contributed by atoms with Crippen LogP contribution in [0.5, 0.6) is 0 Å². The Hall–Kier alpha value is -1.22. The molecule has 1 aliphatic heterocycles. The van der Waals surface area contributed by atoms with E-state index in [9.17, 15) is 4.79 Å². The maximum atomic E-state index is 12.4. The predicted octanol–water partition coefficient (Wildman–Crippen LogP) is 3.38. The number of rotatable bonds is 5. The van der Waals surface area contributed by atoms with E-state index in [0.717, 1.165) is 6.42 Å². The van der Waals surface area contributed by atoms with Crippen molar-refractivity contribution in [3.8, 4) is 0 Å². The molecule has 4 atom stereocenters. The molecule has 0 saturated carbocycles. The van der Waals surface area contributed by atoms with Crippen LogP contribution in [0.15, 0.2) is 17.1 Å². The van der Waals surface area contributed by atoms with Gasteiger partial charge in [-0.1, -0.05) is 34.6 Å². The van der Waals surface area contributed by atoms with Crippen LogP contribution in [0.3, 0.4) is 0 Å². The van der Waals surface area contributed by atoms with Crippen molar-refractivity contribution < 1.29 is 14.4 Å². The molecule has 0 aliphatic carbocycles. The summed E-state index contributed by atoms with van der Waals surface area (Å²) in [6.45, 7) is 15.2. The van der Waals surface area contributed by atoms with Crippen molar-refractivity contribution in [2.24, 2.45) is 5.92 Å². The lowest BCUT2D eigenvalue weighted by molar-refractivity contribution is -0.0370. The van der Waals surface area contributed by atoms with E-state index in [2.05, 4.69) is 52.7 Å². The molecular formula is C17H31N3O4Si. The van der Waals surface area contributed by atoms with E-state index in [0.29, 0.717) is 0 Å². The molecule has 0 radical (unpaired) electrons. The van der Waals surface area contributed by atoms with Crippen LogP contribution in [-0.4, -0.2) is 35.3 Å². The first-order chi connectivity index (χ1) is 11.5. The van der Waals surface area contributed by atoms with Gasteiger partial charge in [0.25, 0.3) is 0 Å². The fraction of sp³-hybridized carbons (Fsp3) is 0.765. The van der Waals surface area contributed by atoms with Gasteiger partial charge in [0, 0.05) is 12.1 Å². The van der Waals surface area contributed by atoms with E-state index < -0.39 is 20.2 Å². The molecule has 1 aromatic rings. The number of ether oxygens (including phenoxy) is 1. The summed E-state index contributed by atoms with van der Waals surface area (Å²) in [5.41, 5.74) is 1.42. The molecule has 1 saturated heterocycles. The molecule has 0 spiro atoms. The van der Waals surface area contributed by atoms with Crippen molar-refractivity contribution in [1.82, 2.24) is 9.55 Å². The molecule has 0 amide bonds. The lowest BCUT2D eigenvalue weighted by Gasteiger charge is -2.40. The summed E-state index contributed by atoms with van der Waals surface area (Å²) in [5, 5.41) is 8.99. The highest BCUT2D eigenvalue weighted by Crippen LogP contribution is 2.43. The van der Waals surface area contributed by atoms with Crippen molar-refractivity contribution in [2.45, 2.75) is 77.6 Å². The Morgan fingerprint density at radius 1 is 1.44 bits per heavy atom. The van der Waals surface area contributed by atoms with Gasteiger partial charge in [0.1, 0.15) is 0 Å². The minimum absolute atomic E-state index is 0.0299. The molecule has 142 valence electrons. The van der Waals surface area contributed by atoms with Gasteiger partial charge in [-0.2, -0.15) is 4.98 Å². The maximum Gasteiger partial charge on any atom is 0.351 e. The van der Waals surface area contributed by atoms with E-state index in [4.69, 9.17) is 14.4 Å². The molecule has 2 N–H and O–H groups in total. The van der Waals surface area contributed by atoms with Gasteiger partial charge in [-0.05, 0) is 30.6 Å². The SMILES string of the molecule is CC[C@H]1O[C@@H](n2ccc(NO)nc2=O)C(O[Si](C)(C)C(C)(C)C)[C@H]1C. The maximum absolute atomic E-state index is 12.4. The molecule has 1 unspecified atom stereocenters. The predicted molar refractivity (Wildman–Crippen MR) is 99.3 cm³/mol. The highest BCUT2D eigenvalue weighted by molar-refractivity contribution is 6.74. The number of hydrogen-bond acceptors (Lipinski definition) is 6. The topological polar surface area (TPSA) is 85.6 Å². The third-order valence-electron chi connectivity index (χ3n) is 5.56. The quantitative estimate of drug-likeness (QED) is 0.611. The van der Waals surface area contributed by atoms with Crippen LogP contribution in [-0.2, 0) is 9.16 Å². The van der Waals surface area contributed by atoms with E-state index in [1.165, 1.54) is 10.6 Å². The molecule has 2 rings (SSSR count). The minimum Gasteiger partial charge on any atom is -0.409 e. The van der Waals surface area contributed by atoms with Crippen LogP contribution >= 0.6 is 0 Å². The van der Waals surface area contributed by atoms with E-state index in [1.807, 2.05) is 5.48 Å². The van der Waals surface area contributed by atoms with E-state index in [-0.39, 0.29) is 29.0 Å². The van der Waals surface area contributed by atoms with Crippen molar-refractivity contribution >= 4 is 14.1 Å². The number of anilines is 1. The number of aromatic nitrogens is 2. The molecule has 7 nitrogen and oxygen atoms in total. The Morgan fingerprint density at radius 3 is 2.56 bits per heavy atom. The average molecular weight is 370 g/mol. The average Bonchev–Trinajstić information content (AvgIpc) is 2.82. The Kier molecular flexibility index (Phi) is 5.77. The van der Waals surface area contributed by atoms with Crippen molar-refractivity contribution in [2.75, 3.05) is 5.48 Å². The zero-order valence-corrected chi connectivity index (χ0v) is 17.2. The molecule has 1 aliphatic rings. The molecule has 2 heterocycles. The summed E-state index contributed by atoms with van der Waals surface area (Å²) >= 11 is 0. The van der Waals surface area contributed by atoms with Crippen LogP contribution in [0.25, 0.3) is 0 Å². The van der Waals surface area contributed by atoms with Gasteiger partial charge in [-0.3, -0.25) is 15.3 Å². The molecule has 1 fully saturated rings. The monoisotopic (exact) mass is 369 g/mol. The minimum atomic E-state index is -2.03. The smallest absolute Gasteiger partial charge is 0.351 e. The molecule has 25 heavy (non-hydrogen) atoms. The fourth-order valence-corrected chi connectivity index (χ4v) is 4.26. The second-order valence-corrected chi connectivity index (χ2v) is 13.0. The molecule has 0 bridgehead atoms. The summed E-state index contributed by atoms with van der Waals surface area (Å²) in [4.78, 5) is 16.2. The molecule has 1 aromatic heterocycles. The molecule has 8 heteroatoms. The molecular weight excluding hydrogens is 338 g/mol. The van der Waals surface area contributed by atoms with Crippen molar-refractivity contribution in [3.63, 3.8) is 0 Å². The summed E-state index contributed by atoms with van der Waals surface area (Å²) in [6.07, 6.45) is 1.75. The Balaban J connectivity index is 2.39. The van der Waals surface area contributed by atoms with Crippen LogP contribution < -0.4 is 11.2 Å². The molecule has 0 aromatic carbocycles. The highest BCUT2D eigenvalue weighted by atomic mass is 28.4. The highest BCUT2D eigenvalue weighted by Gasteiger charge is 2.48. The van der Waals surface area contributed by atoms with Gasteiger partial charge < -0.3 is 9.16 Å². The normalized spacial score (nSPS) is 27.5. The standard InChI is InChI=1S/C17H31N3O4Si/c1-8-12-11(2)14(24-25(6,7)17(3,4)5)15(23-12)20-10-9-13(19-22)18-16(20)21/h9-12,14-15,22H,8H2,1-7H3,(H,18,19,21)/t11-,12+,14?,15+/m0/s1. The Bertz CT molecular complexity index is 656. The fourth-order valence-electron chi connectivity index (χ4n) is 2.89. The van der Waals surface area contributed by atoms with Gasteiger partial charge >= 0.3 is 5.69 Å². The van der Waals surface area contributed by atoms with Gasteiger partial charge in [0.2, 0.25) is 0 Å². The van der Waals surface area contributed by atoms with E-state index >= 15 is 0 Å². The zero-order chi connectivity index (χ0) is 19.0. The first-order valence-electron chi connectivity index (χ1n) is 8.84. The van der Waals surface area contributed by atoms with E-state index in [1.54, 1.807) is 6.20 Å². The van der Waals surface area contributed by atoms with Crippen LogP contribution in [0.1, 0.15) is 47.3 Å². The van der Waals surface area contributed by atoms with Gasteiger partial charge in [0.15, 0.2) is 20.4 Å². The second-order valence-electron chi connectivity index (χ2n) is 8.29. The van der Waals surface area contributed by atoms with Crippen LogP contribution in [0.4, 0.5) is 5.82 Å². The first-order valence-corrected chi connectivity index (χ1v) is 11.7. The van der Waals surface area contributed by atoms with Gasteiger partial charge in [-0.25, -0.2) is 4.79 Å². The summed E-state index contributed by atoms with van der Waals surface area (Å²) in [6, 6.07) is 1.54. The number of hydrogen-bond donors (Lipinski definition) is 2. The van der Waals surface area contributed by atoms with Gasteiger partial charge in [0.05, 0.1) is 12.2 Å². The van der Waals surface area contributed by atoms with Crippen molar-refractivity contribution in [1.29, 1.82) is 0 Å². The van der Waals surface area contributed by atoms with Crippen LogP contribution in [0.2, 0.25) is 18.1 Å². The Morgan fingerprint density at radius 2 is 2.08 bits per heavy atom. The zero-order valence-electron chi connectivity index (χ0n) is 16.2. The second kappa shape index (κ2) is 7.18. The van der Waals surface area contributed by atoms with Crippen LogP contribution in [0, 0.1) is 5.92 Å². The third kappa shape index (κ3) is 3.97. The third-order valence-corrected chi connectivity index (χ3v) is 10.0. The summed E-state index contributed by atoms with van der Waals surface area (Å²) in [5.74, 6) is 0.285. The Labute approximate surface area is 150 Å². The first kappa shape index (κ1) is 20.1. The summed E-state index contributed by atoms with van der Waals surface area (Å²) in [7, 11) is -2.03. The number of nitrogens with zero attached hydrogens (tertiary/aromatic N) is 2. The lowest BCUT2D eigenvalue weighted by Crippen LogP contribution is -2.47. The van der Waals surface area contributed by atoms with Gasteiger partial charge in [-0.15, -0.1) is 0 Å². The summed E-state index contributed by atoms with van der Waals surface area (Å²) < 4.78 is 14.3.